The highest BCUT2D eigenvalue weighted by molar-refractivity contribution is 9.10. The second kappa shape index (κ2) is 5.52. The Morgan fingerprint density at radius 2 is 2.31 bits per heavy atom. The predicted octanol–water partition coefficient (Wildman–Crippen LogP) is 3.74. The Bertz CT molecular complexity index is 372. The van der Waals surface area contributed by atoms with Crippen molar-refractivity contribution in [1.82, 2.24) is 5.32 Å². The zero-order valence-corrected chi connectivity index (χ0v) is 11.6. The summed E-state index contributed by atoms with van der Waals surface area (Å²) in [5, 5.41) is 3.61. The van der Waals surface area contributed by atoms with E-state index in [1.54, 1.807) is 0 Å². The molecule has 2 rings (SSSR count). The zero-order chi connectivity index (χ0) is 11.5. The molecule has 1 aromatic carbocycles. The largest absolute Gasteiger partial charge is 0.306 e. The van der Waals surface area contributed by atoms with Crippen LogP contribution in [0.1, 0.15) is 24.9 Å². The molecule has 0 aliphatic carbocycles. The Morgan fingerprint density at radius 3 is 3.00 bits per heavy atom. The van der Waals surface area contributed by atoms with Gasteiger partial charge in [-0.25, -0.2) is 4.39 Å². The Hall–Kier alpha value is -0.0600. The van der Waals surface area contributed by atoms with Gasteiger partial charge in [-0.15, -0.1) is 0 Å². The van der Waals surface area contributed by atoms with Gasteiger partial charge in [0.1, 0.15) is 5.82 Å². The summed E-state index contributed by atoms with van der Waals surface area (Å²) in [6.07, 6.45) is 1.14. The van der Waals surface area contributed by atoms with Gasteiger partial charge >= 0.3 is 0 Å². The third-order valence-corrected chi connectivity index (χ3v) is 4.77. The molecule has 16 heavy (non-hydrogen) atoms. The number of benzene rings is 1. The average Bonchev–Trinajstić information content (AvgIpc) is 2.29. The normalized spacial score (nSPS) is 25.7. The first-order chi connectivity index (χ1) is 7.70. The van der Waals surface area contributed by atoms with E-state index in [1.165, 1.54) is 17.9 Å². The van der Waals surface area contributed by atoms with Gasteiger partial charge in [0.15, 0.2) is 0 Å². The van der Waals surface area contributed by atoms with Crippen LogP contribution in [0.5, 0.6) is 0 Å². The van der Waals surface area contributed by atoms with Crippen LogP contribution in [0.4, 0.5) is 4.39 Å². The molecule has 1 fully saturated rings. The average molecular weight is 304 g/mol. The van der Waals surface area contributed by atoms with Gasteiger partial charge in [-0.2, -0.15) is 11.8 Å². The molecule has 1 aliphatic rings. The summed E-state index contributed by atoms with van der Waals surface area (Å²) in [6.45, 7) is 2.19. The number of halogens is 2. The second-order valence-electron chi connectivity index (χ2n) is 4.03. The van der Waals surface area contributed by atoms with Gasteiger partial charge in [0.05, 0.1) is 0 Å². The number of hydrogen-bond donors (Lipinski definition) is 1. The Kier molecular flexibility index (Phi) is 4.27. The Labute approximate surface area is 108 Å². The molecule has 0 bridgehead atoms. The van der Waals surface area contributed by atoms with Crippen molar-refractivity contribution in [2.75, 3.05) is 11.5 Å². The van der Waals surface area contributed by atoms with E-state index in [-0.39, 0.29) is 5.82 Å². The van der Waals surface area contributed by atoms with Crippen molar-refractivity contribution in [3.8, 4) is 0 Å². The fraction of sp³-hybridized carbons (Fsp3) is 0.500. The van der Waals surface area contributed by atoms with E-state index >= 15 is 0 Å². The number of hydrogen-bond acceptors (Lipinski definition) is 2. The van der Waals surface area contributed by atoms with Crippen LogP contribution < -0.4 is 5.32 Å². The summed E-state index contributed by atoms with van der Waals surface area (Å²) >= 11 is 5.40. The molecule has 1 aliphatic heterocycles. The maximum atomic E-state index is 13.0. The Balaban J connectivity index is 2.16. The summed E-state index contributed by atoms with van der Waals surface area (Å²) in [4.78, 5) is 0. The van der Waals surface area contributed by atoms with Crippen LogP contribution in [-0.2, 0) is 0 Å². The molecule has 1 aromatic rings. The minimum Gasteiger partial charge on any atom is -0.306 e. The molecule has 2 unspecified atom stereocenters. The van der Waals surface area contributed by atoms with Gasteiger partial charge in [0, 0.05) is 28.1 Å². The number of rotatable bonds is 2. The SMILES string of the molecule is CCC1CSCC(c2ccc(F)cc2Br)N1. The molecule has 2 atom stereocenters. The topological polar surface area (TPSA) is 12.0 Å². The van der Waals surface area contributed by atoms with E-state index in [2.05, 4.69) is 28.2 Å². The molecular formula is C12H15BrFNS. The lowest BCUT2D eigenvalue weighted by Crippen LogP contribution is -2.39. The standard InChI is InChI=1S/C12H15BrFNS/c1-2-9-6-16-7-12(15-9)10-4-3-8(14)5-11(10)13/h3-5,9,12,15H,2,6-7H2,1H3. The highest BCUT2D eigenvalue weighted by Gasteiger charge is 2.22. The lowest BCUT2D eigenvalue weighted by Gasteiger charge is -2.31. The molecule has 0 amide bonds. The minimum absolute atomic E-state index is 0.189. The van der Waals surface area contributed by atoms with Crippen molar-refractivity contribution >= 4 is 27.7 Å². The summed E-state index contributed by atoms with van der Waals surface area (Å²) in [6, 6.07) is 5.84. The molecule has 1 heterocycles. The van der Waals surface area contributed by atoms with Gasteiger partial charge in [0.25, 0.3) is 0 Å². The molecule has 1 saturated heterocycles. The zero-order valence-electron chi connectivity index (χ0n) is 9.17. The minimum atomic E-state index is -0.189. The van der Waals surface area contributed by atoms with Gasteiger partial charge in [-0.05, 0) is 24.1 Å². The van der Waals surface area contributed by atoms with Crippen LogP contribution in [0.15, 0.2) is 22.7 Å². The van der Waals surface area contributed by atoms with Crippen molar-refractivity contribution in [2.45, 2.75) is 25.4 Å². The molecule has 1 N–H and O–H groups in total. The van der Waals surface area contributed by atoms with Gasteiger partial charge in [-0.1, -0.05) is 28.9 Å². The lowest BCUT2D eigenvalue weighted by atomic mass is 10.1. The summed E-state index contributed by atoms with van der Waals surface area (Å²) in [5.41, 5.74) is 1.16. The highest BCUT2D eigenvalue weighted by Crippen LogP contribution is 2.30. The molecular weight excluding hydrogens is 289 g/mol. The van der Waals surface area contributed by atoms with E-state index < -0.39 is 0 Å². The highest BCUT2D eigenvalue weighted by atomic mass is 79.9. The quantitative estimate of drug-likeness (QED) is 0.893. The lowest BCUT2D eigenvalue weighted by molar-refractivity contribution is 0.464. The fourth-order valence-corrected chi connectivity index (χ4v) is 3.80. The van der Waals surface area contributed by atoms with Gasteiger partial charge < -0.3 is 5.32 Å². The maximum absolute atomic E-state index is 13.0. The van der Waals surface area contributed by atoms with Gasteiger partial charge in [0.2, 0.25) is 0 Å². The second-order valence-corrected chi connectivity index (χ2v) is 5.96. The van der Waals surface area contributed by atoms with E-state index in [1.807, 2.05) is 17.8 Å². The van der Waals surface area contributed by atoms with Crippen molar-refractivity contribution in [1.29, 1.82) is 0 Å². The van der Waals surface area contributed by atoms with Crippen molar-refractivity contribution < 1.29 is 4.39 Å². The van der Waals surface area contributed by atoms with E-state index in [0.717, 1.165) is 22.2 Å². The van der Waals surface area contributed by atoms with Crippen LogP contribution >= 0.6 is 27.7 Å². The molecule has 0 radical (unpaired) electrons. The van der Waals surface area contributed by atoms with E-state index in [9.17, 15) is 4.39 Å². The van der Waals surface area contributed by atoms with E-state index in [4.69, 9.17) is 0 Å². The van der Waals surface area contributed by atoms with Crippen molar-refractivity contribution in [2.24, 2.45) is 0 Å². The number of thioether (sulfide) groups is 1. The third-order valence-electron chi connectivity index (χ3n) is 2.87. The van der Waals surface area contributed by atoms with Crippen LogP contribution in [0, 0.1) is 5.82 Å². The fourth-order valence-electron chi connectivity index (χ4n) is 1.91. The molecule has 0 spiro atoms. The van der Waals surface area contributed by atoms with Crippen molar-refractivity contribution in [3.05, 3.63) is 34.1 Å². The smallest absolute Gasteiger partial charge is 0.124 e. The maximum Gasteiger partial charge on any atom is 0.124 e. The summed E-state index contributed by atoms with van der Waals surface area (Å²) in [7, 11) is 0. The molecule has 0 saturated carbocycles. The molecule has 1 nitrogen and oxygen atoms in total. The van der Waals surface area contributed by atoms with Crippen LogP contribution in [0.3, 0.4) is 0 Å². The van der Waals surface area contributed by atoms with Gasteiger partial charge in [-0.3, -0.25) is 0 Å². The van der Waals surface area contributed by atoms with Crippen molar-refractivity contribution in [3.63, 3.8) is 0 Å². The third kappa shape index (κ3) is 2.79. The van der Waals surface area contributed by atoms with E-state index in [0.29, 0.717) is 12.1 Å². The first-order valence-electron chi connectivity index (χ1n) is 5.49. The predicted molar refractivity (Wildman–Crippen MR) is 71.4 cm³/mol. The first kappa shape index (κ1) is 12.4. The Morgan fingerprint density at radius 1 is 1.50 bits per heavy atom. The molecule has 4 heteroatoms. The molecule has 88 valence electrons. The van der Waals surface area contributed by atoms with Crippen LogP contribution in [0.25, 0.3) is 0 Å². The monoisotopic (exact) mass is 303 g/mol. The van der Waals surface area contributed by atoms with Crippen LogP contribution in [-0.4, -0.2) is 17.5 Å². The first-order valence-corrected chi connectivity index (χ1v) is 7.44. The summed E-state index contributed by atoms with van der Waals surface area (Å²) in [5.74, 6) is 2.04. The summed E-state index contributed by atoms with van der Waals surface area (Å²) < 4.78 is 13.9. The molecule has 0 aromatic heterocycles. The number of nitrogens with one attached hydrogen (secondary N) is 1. The van der Waals surface area contributed by atoms with Crippen LogP contribution in [0.2, 0.25) is 0 Å².